The van der Waals surface area contributed by atoms with E-state index in [0.29, 0.717) is 19.6 Å². The average Bonchev–Trinajstić information content (AvgIpc) is 2.44. The number of ether oxygens (including phenoxy) is 2. The molecule has 5 heteroatoms. The van der Waals surface area contributed by atoms with Gasteiger partial charge in [-0.2, -0.15) is 5.26 Å². The molecular formula is C14H18N2O3. The molecular weight excluding hydrogens is 244 g/mol. The third kappa shape index (κ3) is 5.30. The minimum Gasteiger partial charge on any atom is -0.494 e. The Morgan fingerprint density at radius 2 is 2.05 bits per heavy atom. The first-order valence-electron chi connectivity index (χ1n) is 6.14. The van der Waals surface area contributed by atoms with Crippen molar-refractivity contribution in [2.45, 2.75) is 20.0 Å². The maximum atomic E-state index is 11.6. The van der Waals surface area contributed by atoms with E-state index in [2.05, 4.69) is 0 Å². The first-order chi connectivity index (χ1) is 9.17. The second kappa shape index (κ2) is 7.98. The molecule has 1 aromatic rings. The second-order valence-electron chi connectivity index (χ2n) is 3.96. The molecule has 1 amide bonds. The van der Waals surface area contributed by atoms with E-state index < -0.39 is 6.09 Å². The number of carbonyl (C=O) groups is 1. The van der Waals surface area contributed by atoms with Crippen LogP contribution in [0.15, 0.2) is 24.3 Å². The number of carbonyl (C=O) groups excluding carboxylic acids is 1. The van der Waals surface area contributed by atoms with Gasteiger partial charge in [-0.3, -0.25) is 0 Å². The van der Waals surface area contributed by atoms with E-state index in [1.165, 1.54) is 4.90 Å². The molecule has 0 radical (unpaired) electrons. The highest BCUT2D eigenvalue weighted by Crippen LogP contribution is 2.13. The Hall–Kier alpha value is -2.22. The number of amides is 1. The Bertz CT molecular complexity index is 437. The van der Waals surface area contributed by atoms with Crippen LogP contribution < -0.4 is 4.74 Å². The summed E-state index contributed by atoms with van der Waals surface area (Å²) in [5.41, 5.74) is 0.894. The van der Waals surface area contributed by atoms with E-state index in [9.17, 15) is 4.79 Å². The number of hydrogen-bond donors (Lipinski definition) is 0. The van der Waals surface area contributed by atoms with Crippen LogP contribution in [0.2, 0.25) is 0 Å². The number of hydrogen-bond acceptors (Lipinski definition) is 4. The first kappa shape index (κ1) is 14.8. The highest BCUT2D eigenvalue weighted by Gasteiger charge is 2.09. The van der Waals surface area contributed by atoms with Crippen LogP contribution in [0.1, 0.15) is 18.9 Å². The van der Waals surface area contributed by atoms with Crippen molar-refractivity contribution in [1.29, 1.82) is 5.26 Å². The van der Waals surface area contributed by atoms with Crippen LogP contribution in [-0.4, -0.2) is 31.2 Å². The largest absolute Gasteiger partial charge is 0.494 e. The average molecular weight is 262 g/mol. The lowest BCUT2D eigenvalue weighted by Crippen LogP contribution is -2.28. The first-order valence-corrected chi connectivity index (χ1v) is 6.14. The summed E-state index contributed by atoms with van der Waals surface area (Å²) < 4.78 is 10.4. The van der Waals surface area contributed by atoms with Gasteiger partial charge >= 0.3 is 6.09 Å². The van der Waals surface area contributed by atoms with E-state index in [1.807, 2.05) is 37.3 Å². The summed E-state index contributed by atoms with van der Waals surface area (Å²) in [6.45, 7) is 3.13. The summed E-state index contributed by atoms with van der Waals surface area (Å²) in [6.07, 6.45) is -0.126. The molecule has 0 fully saturated rings. The molecule has 0 unspecified atom stereocenters. The Morgan fingerprint density at radius 1 is 1.37 bits per heavy atom. The van der Waals surface area contributed by atoms with Gasteiger partial charge in [0, 0.05) is 13.6 Å². The molecule has 0 saturated carbocycles. The van der Waals surface area contributed by atoms with Gasteiger partial charge in [-0.1, -0.05) is 12.1 Å². The Morgan fingerprint density at radius 3 is 2.63 bits per heavy atom. The normalized spacial score (nSPS) is 9.53. The molecule has 5 nitrogen and oxygen atoms in total. The molecule has 0 aliphatic heterocycles. The van der Waals surface area contributed by atoms with Gasteiger partial charge < -0.3 is 14.4 Å². The molecule has 0 saturated heterocycles. The van der Waals surface area contributed by atoms with Crippen molar-refractivity contribution in [3.05, 3.63) is 29.8 Å². The highest BCUT2D eigenvalue weighted by molar-refractivity contribution is 5.67. The van der Waals surface area contributed by atoms with E-state index in [4.69, 9.17) is 14.7 Å². The highest BCUT2D eigenvalue weighted by atomic mass is 16.6. The smallest absolute Gasteiger partial charge is 0.409 e. The van der Waals surface area contributed by atoms with E-state index in [1.54, 1.807) is 7.05 Å². The van der Waals surface area contributed by atoms with Gasteiger partial charge in [0.25, 0.3) is 0 Å². The fourth-order valence-electron chi connectivity index (χ4n) is 1.41. The van der Waals surface area contributed by atoms with Gasteiger partial charge in [-0.05, 0) is 24.6 Å². The van der Waals surface area contributed by atoms with Crippen molar-refractivity contribution in [3.63, 3.8) is 0 Å². The lowest BCUT2D eigenvalue weighted by Gasteiger charge is -2.15. The summed E-state index contributed by atoms with van der Waals surface area (Å²) >= 11 is 0. The van der Waals surface area contributed by atoms with Crippen molar-refractivity contribution in [2.75, 3.05) is 20.2 Å². The molecule has 0 heterocycles. The molecule has 0 aromatic heterocycles. The van der Waals surface area contributed by atoms with Crippen LogP contribution in [0.3, 0.4) is 0 Å². The number of rotatable bonds is 6. The molecule has 19 heavy (non-hydrogen) atoms. The molecule has 0 bridgehead atoms. The number of nitrogens with zero attached hydrogens (tertiary/aromatic N) is 2. The van der Waals surface area contributed by atoms with E-state index in [0.717, 1.165) is 11.3 Å². The number of benzene rings is 1. The quantitative estimate of drug-likeness (QED) is 0.790. The number of nitriles is 1. The molecule has 1 aromatic carbocycles. The van der Waals surface area contributed by atoms with E-state index in [-0.39, 0.29) is 6.61 Å². The zero-order valence-electron chi connectivity index (χ0n) is 11.3. The Kier molecular flexibility index (Phi) is 6.23. The monoisotopic (exact) mass is 262 g/mol. The van der Waals surface area contributed by atoms with Crippen LogP contribution in [0.5, 0.6) is 5.75 Å². The standard InChI is InChI=1S/C14H18N2O3/c1-3-18-13-7-5-12(6-8-13)11-19-14(17)16(2)10-4-9-15/h5-8H,3-4,10-11H2,1-2H3. The zero-order chi connectivity index (χ0) is 14.1. The van der Waals surface area contributed by atoms with Crippen molar-refractivity contribution in [2.24, 2.45) is 0 Å². The fourth-order valence-corrected chi connectivity index (χ4v) is 1.41. The summed E-state index contributed by atoms with van der Waals surface area (Å²) in [4.78, 5) is 12.9. The molecule has 0 aliphatic carbocycles. The van der Waals surface area contributed by atoms with Gasteiger partial charge in [-0.15, -0.1) is 0 Å². The van der Waals surface area contributed by atoms with Gasteiger partial charge in [0.2, 0.25) is 0 Å². The molecule has 0 atom stereocenters. The van der Waals surface area contributed by atoms with Gasteiger partial charge in [0.05, 0.1) is 19.1 Å². The minimum absolute atomic E-state index is 0.210. The Balaban J connectivity index is 2.39. The molecule has 1 rings (SSSR count). The maximum Gasteiger partial charge on any atom is 0.409 e. The third-order valence-electron chi connectivity index (χ3n) is 2.47. The van der Waals surface area contributed by atoms with Crippen LogP contribution in [0, 0.1) is 11.3 Å². The fraction of sp³-hybridized carbons (Fsp3) is 0.429. The van der Waals surface area contributed by atoms with Gasteiger partial charge in [-0.25, -0.2) is 4.79 Å². The van der Waals surface area contributed by atoms with Crippen molar-refractivity contribution < 1.29 is 14.3 Å². The third-order valence-corrected chi connectivity index (χ3v) is 2.47. The lowest BCUT2D eigenvalue weighted by molar-refractivity contribution is 0.105. The molecule has 0 N–H and O–H groups in total. The van der Waals surface area contributed by atoms with Gasteiger partial charge in [0.15, 0.2) is 0 Å². The van der Waals surface area contributed by atoms with Crippen molar-refractivity contribution in [1.82, 2.24) is 4.90 Å². The van der Waals surface area contributed by atoms with Crippen LogP contribution in [0.25, 0.3) is 0 Å². The molecule has 0 aliphatic rings. The second-order valence-corrected chi connectivity index (χ2v) is 3.96. The lowest BCUT2D eigenvalue weighted by atomic mass is 10.2. The van der Waals surface area contributed by atoms with E-state index >= 15 is 0 Å². The van der Waals surface area contributed by atoms with Crippen LogP contribution in [-0.2, 0) is 11.3 Å². The van der Waals surface area contributed by atoms with Crippen LogP contribution in [0.4, 0.5) is 4.79 Å². The summed E-state index contributed by atoms with van der Waals surface area (Å²) in [5.74, 6) is 0.795. The predicted octanol–water partition coefficient (Wildman–Crippen LogP) is 2.57. The van der Waals surface area contributed by atoms with Gasteiger partial charge in [0.1, 0.15) is 12.4 Å². The summed E-state index contributed by atoms with van der Waals surface area (Å²) in [6, 6.07) is 9.37. The summed E-state index contributed by atoms with van der Waals surface area (Å²) in [7, 11) is 1.61. The SMILES string of the molecule is CCOc1ccc(COC(=O)N(C)CCC#N)cc1. The Labute approximate surface area is 113 Å². The minimum atomic E-state index is -0.427. The topological polar surface area (TPSA) is 62.6 Å². The van der Waals surface area contributed by atoms with Crippen molar-refractivity contribution >= 4 is 6.09 Å². The maximum absolute atomic E-state index is 11.6. The van der Waals surface area contributed by atoms with Crippen molar-refractivity contribution in [3.8, 4) is 11.8 Å². The molecule has 102 valence electrons. The molecule has 0 spiro atoms. The zero-order valence-corrected chi connectivity index (χ0v) is 11.3. The summed E-state index contributed by atoms with van der Waals surface area (Å²) in [5, 5.41) is 8.43. The van der Waals surface area contributed by atoms with Crippen LogP contribution >= 0.6 is 0 Å². The predicted molar refractivity (Wildman–Crippen MR) is 70.7 cm³/mol.